The van der Waals surface area contributed by atoms with E-state index in [9.17, 15) is 4.39 Å². The Hall–Kier alpha value is -3.72. The first-order chi connectivity index (χ1) is 14.9. The SMILES string of the molecule is CO[C@@H](C)c1cccc(Cn2cc(-c3cc(-c4cccc(C)c4F)nc(N)n3)nn2)n1. The van der Waals surface area contributed by atoms with E-state index in [4.69, 9.17) is 10.5 Å². The van der Waals surface area contributed by atoms with Gasteiger partial charge in [0.25, 0.3) is 0 Å². The molecule has 0 saturated heterocycles. The Morgan fingerprint density at radius 3 is 2.65 bits per heavy atom. The minimum Gasteiger partial charge on any atom is -0.375 e. The third-order valence-electron chi connectivity index (χ3n) is 4.93. The summed E-state index contributed by atoms with van der Waals surface area (Å²) < 4.78 is 21.6. The fraction of sp³-hybridized carbons (Fsp3) is 0.227. The zero-order chi connectivity index (χ0) is 22.0. The van der Waals surface area contributed by atoms with Gasteiger partial charge in [0.2, 0.25) is 5.95 Å². The molecule has 31 heavy (non-hydrogen) atoms. The molecule has 1 aromatic carbocycles. The Morgan fingerprint density at radius 1 is 1.06 bits per heavy atom. The van der Waals surface area contributed by atoms with Crippen molar-refractivity contribution < 1.29 is 9.13 Å². The highest BCUT2D eigenvalue weighted by molar-refractivity contribution is 5.68. The number of ether oxygens (including phenoxy) is 1. The smallest absolute Gasteiger partial charge is 0.221 e. The van der Waals surface area contributed by atoms with Crippen molar-refractivity contribution in [3.63, 3.8) is 0 Å². The zero-order valence-electron chi connectivity index (χ0n) is 17.5. The van der Waals surface area contributed by atoms with Crippen molar-refractivity contribution in [2.75, 3.05) is 12.8 Å². The number of hydrogen-bond donors (Lipinski definition) is 1. The predicted molar refractivity (Wildman–Crippen MR) is 114 cm³/mol. The van der Waals surface area contributed by atoms with Crippen LogP contribution in [0.25, 0.3) is 22.6 Å². The lowest BCUT2D eigenvalue weighted by Gasteiger charge is -2.10. The van der Waals surface area contributed by atoms with Crippen LogP contribution in [0.1, 0.15) is 30.0 Å². The monoisotopic (exact) mass is 419 g/mol. The van der Waals surface area contributed by atoms with Crippen molar-refractivity contribution in [1.82, 2.24) is 29.9 Å². The fourth-order valence-corrected chi connectivity index (χ4v) is 3.17. The Bertz CT molecular complexity index is 1220. The van der Waals surface area contributed by atoms with E-state index in [0.29, 0.717) is 34.8 Å². The molecule has 158 valence electrons. The van der Waals surface area contributed by atoms with Crippen LogP contribution < -0.4 is 5.73 Å². The Balaban J connectivity index is 1.62. The molecule has 0 aliphatic carbocycles. The van der Waals surface area contributed by atoms with E-state index in [2.05, 4.69) is 25.3 Å². The maximum atomic E-state index is 14.6. The van der Waals surface area contributed by atoms with Gasteiger partial charge in [-0.2, -0.15) is 0 Å². The number of pyridine rings is 1. The van der Waals surface area contributed by atoms with Gasteiger partial charge in [-0.25, -0.2) is 19.0 Å². The molecule has 0 amide bonds. The highest BCUT2D eigenvalue weighted by Crippen LogP contribution is 2.27. The molecule has 0 spiro atoms. The summed E-state index contributed by atoms with van der Waals surface area (Å²) >= 11 is 0. The second-order valence-electron chi connectivity index (χ2n) is 7.17. The molecule has 3 aromatic heterocycles. The molecule has 3 heterocycles. The van der Waals surface area contributed by atoms with E-state index in [1.54, 1.807) is 49.2 Å². The third kappa shape index (κ3) is 4.41. The molecule has 0 fully saturated rings. The third-order valence-corrected chi connectivity index (χ3v) is 4.93. The summed E-state index contributed by atoms with van der Waals surface area (Å²) in [5.74, 6) is -0.308. The molecule has 2 N–H and O–H groups in total. The van der Waals surface area contributed by atoms with Crippen LogP contribution in [-0.4, -0.2) is 37.1 Å². The van der Waals surface area contributed by atoms with Crippen molar-refractivity contribution in [2.24, 2.45) is 0 Å². The maximum absolute atomic E-state index is 14.6. The number of benzene rings is 1. The number of nitrogen functional groups attached to an aromatic ring is 1. The van der Waals surface area contributed by atoms with Crippen molar-refractivity contribution in [3.05, 3.63) is 71.4 Å². The highest BCUT2D eigenvalue weighted by Gasteiger charge is 2.14. The van der Waals surface area contributed by atoms with Gasteiger partial charge in [-0.3, -0.25) is 4.98 Å². The summed E-state index contributed by atoms with van der Waals surface area (Å²) in [6, 6.07) is 12.5. The Morgan fingerprint density at radius 2 is 1.84 bits per heavy atom. The average Bonchev–Trinajstić information content (AvgIpc) is 3.23. The van der Waals surface area contributed by atoms with Crippen LogP contribution in [0.4, 0.5) is 10.3 Å². The average molecular weight is 419 g/mol. The van der Waals surface area contributed by atoms with Crippen LogP contribution in [0, 0.1) is 12.7 Å². The summed E-state index contributed by atoms with van der Waals surface area (Å²) in [6.45, 7) is 4.07. The lowest BCUT2D eigenvalue weighted by Crippen LogP contribution is -2.06. The molecule has 8 nitrogen and oxygen atoms in total. The van der Waals surface area contributed by atoms with Gasteiger partial charge in [0, 0.05) is 12.7 Å². The minimum atomic E-state index is -0.341. The van der Waals surface area contributed by atoms with Crippen LogP contribution in [0.15, 0.2) is 48.7 Å². The van der Waals surface area contributed by atoms with Gasteiger partial charge in [0.15, 0.2) is 0 Å². The van der Waals surface area contributed by atoms with Crippen LogP contribution in [0.5, 0.6) is 0 Å². The van der Waals surface area contributed by atoms with E-state index < -0.39 is 0 Å². The number of rotatable bonds is 6. The summed E-state index contributed by atoms with van der Waals surface area (Å²) in [4.78, 5) is 13.0. The van der Waals surface area contributed by atoms with Crippen molar-refractivity contribution >= 4 is 5.95 Å². The first kappa shape index (κ1) is 20.5. The standard InChI is InChI=1S/C22H22FN7O/c1-13-6-4-8-16(21(13)23)18-10-19(27-22(24)26-18)20-12-30(29-28-20)11-15-7-5-9-17(25-15)14(2)31-3/h4-10,12,14H,11H2,1-3H3,(H2,24,26,27)/t14-/m0/s1. The quantitative estimate of drug-likeness (QED) is 0.509. The molecule has 4 rings (SSSR count). The largest absolute Gasteiger partial charge is 0.375 e. The van der Waals surface area contributed by atoms with Gasteiger partial charge in [0.1, 0.15) is 11.5 Å². The lowest BCUT2D eigenvalue weighted by atomic mass is 10.1. The topological polar surface area (TPSA) is 105 Å². The second-order valence-corrected chi connectivity index (χ2v) is 7.17. The summed E-state index contributed by atoms with van der Waals surface area (Å²) in [5, 5.41) is 8.36. The van der Waals surface area contributed by atoms with Crippen LogP contribution in [-0.2, 0) is 11.3 Å². The zero-order valence-corrected chi connectivity index (χ0v) is 17.5. The Labute approximate surface area is 179 Å². The number of aromatic nitrogens is 6. The van der Waals surface area contributed by atoms with E-state index in [-0.39, 0.29) is 17.9 Å². The first-order valence-electron chi connectivity index (χ1n) is 9.73. The molecule has 0 radical (unpaired) electrons. The number of nitrogens with two attached hydrogens (primary N) is 1. The van der Waals surface area contributed by atoms with Gasteiger partial charge in [-0.15, -0.1) is 5.10 Å². The molecule has 0 aliphatic rings. The van der Waals surface area contributed by atoms with Gasteiger partial charge in [-0.05, 0) is 43.7 Å². The summed E-state index contributed by atoms with van der Waals surface area (Å²) in [7, 11) is 1.65. The van der Waals surface area contributed by atoms with Crippen molar-refractivity contribution in [1.29, 1.82) is 0 Å². The van der Waals surface area contributed by atoms with Crippen molar-refractivity contribution in [2.45, 2.75) is 26.5 Å². The highest BCUT2D eigenvalue weighted by atomic mass is 19.1. The number of methoxy groups -OCH3 is 1. The first-order valence-corrected chi connectivity index (χ1v) is 9.73. The van der Waals surface area contributed by atoms with Crippen LogP contribution in [0.3, 0.4) is 0 Å². The Kier molecular flexibility index (Phi) is 5.68. The number of nitrogens with zero attached hydrogens (tertiary/aromatic N) is 6. The molecule has 1 atom stereocenters. The van der Waals surface area contributed by atoms with E-state index in [0.717, 1.165) is 11.4 Å². The summed E-state index contributed by atoms with van der Waals surface area (Å²) in [6.07, 6.45) is 1.64. The molecule has 0 aliphatic heterocycles. The number of hydrogen-bond acceptors (Lipinski definition) is 7. The molecular formula is C22H22FN7O. The van der Waals surface area contributed by atoms with Crippen LogP contribution >= 0.6 is 0 Å². The number of aryl methyl sites for hydroxylation is 1. The van der Waals surface area contributed by atoms with E-state index >= 15 is 0 Å². The van der Waals surface area contributed by atoms with Crippen LogP contribution in [0.2, 0.25) is 0 Å². The number of halogens is 1. The summed E-state index contributed by atoms with van der Waals surface area (Å²) in [5.41, 5.74) is 9.79. The maximum Gasteiger partial charge on any atom is 0.221 e. The molecule has 0 saturated carbocycles. The second kappa shape index (κ2) is 8.57. The van der Waals surface area contributed by atoms with Gasteiger partial charge < -0.3 is 10.5 Å². The minimum absolute atomic E-state index is 0.0332. The van der Waals surface area contributed by atoms with Crippen molar-refractivity contribution in [3.8, 4) is 22.6 Å². The molecule has 0 unspecified atom stereocenters. The van der Waals surface area contributed by atoms with Gasteiger partial charge in [-0.1, -0.05) is 23.4 Å². The van der Waals surface area contributed by atoms with Gasteiger partial charge in [0.05, 0.1) is 41.6 Å². The fourth-order valence-electron chi connectivity index (χ4n) is 3.17. The predicted octanol–water partition coefficient (Wildman–Crippen LogP) is 3.58. The van der Waals surface area contributed by atoms with E-state index in [1.165, 1.54) is 0 Å². The van der Waals surface area contributed by atoms with E-state index in [1.807, 2.05) is 25.1 Å². The molecular weight excluding hydrogens is 397 g/mol. The molecule has 4 aromatic rings. The molecule has 0 bridgehead atoms. The lowest BCUT2D eigenvalue weighted by molar-refractivity contribution is 0.116. The van der Waals surface area contributed by atoms with Gasteiger partial charge >= 0.3 is 0 Å². The molecule has 9 heteroatoms. The number of anilines is 1. The normalized spacial score (nSPS) is 12.1.